The number of aliphatic hydroxyl groups is 1. The van der Waals surface area contributed by atoms with Gasteiger partial charge >= 0.3 is 0 Å². The summed E-state index contributed by atoms with van der Waals surface area (Å²) >= 11 is 1.67. The smallest absolute Gasteiger partial charge is 0.0991 e. The maximum Gasteiger partial charge on any atom is 0.0991 e. The van der Waals surface area contributed by atoms with Gasteiger partial charge in [0.2, 0.25) is 0 Å². The lowest BCUT2D eigenvalue weighted by Gasteiger charge is -2.23. The predicted molar refractivity (Wildman–Crippen MR) is 93.7 cm³/mol. The van der Waals surface area contributed by atoms with Crippen molar-refractivity contribution in [3.63, 3.8) is 0 Å². The lowest BCUT2D eigenvalue weighted by Crippen LogP contribution is -2.24. The highest BCUT2D eigenvalue weighted by atomic mass is 32.1. The molecule has 1 N–H and O–H groups in total. The Morgan fingerprint density at radius 2 is 2.00 bits per heavy atom. The van der Waals surface area contributed by atoms with Gasteiger partial charge in [0, 0.05) is 19.3 Å². The highest BCUT2D eigenvalue weighted by Gasteiger charge is 2.12. The second-order valence-corrected chi connectivity index (χ2v) is 6.75. The quantitative estimate of drug-likeness (QED) is 0.796. The number of aryl methyl sites for hydroxylation is 1. The number of thiazole rings is 1. The number of anilines is 1. The first-order chi connectivity index (χ1) is 11.1. The lowest BCUT2D eigenvalue weighted by molar-refractivity contribution is 0.185. The van der Waals surface area contributed by atoms with Crippen LogP contribution in [0.15, 0.2) is 42.5 Å². The van der Waals surface area contributed by atoms with E-state index in [0.717, 1.165) is 26.5 Å². The van der Waals surface area contributed by atoms with Crippen LogP contribution in [0.4, 0.5) is 5.69 Å². The standard InChI is InChI=1S/C18H17N3OS/c1-12-20-16-8-7-15(9-18(16)23-12)21(2)11-17(22)14-5-3-13(10-19)4-6-14/h3-9,17,22H,11H2,1-2H3. The SMILES string of the molecule is Cc1nc2ccc(N(C)CC(O)c3ccc(C#N)cc3)cc2s1. The second kappa shape index (κ2) is 6.37. The molecule has 0 spiro atoms. The number of hydrogen-bond acceptors (Lipinski definition) is 5. The van der Waals surface area contributed by atoms with Crippen LogP contribution in [0.5, 0.6) is 0 Å². The molecule has 0 aliphatic heterocycles. The molecule has 0 aliphatic carbocycles. The van der Waals surface area contributed by atoms with Crippen LogP contribution >= 0.6 is 11.3 Å². The molecule has 4 nitrogen and oxygen atoms in total. The molecule has 0 aliphatic rings. The van der Waals surface area contributed by atoms with E-state index in [1.54, 1.807) is 35.6 Å². The Morgan fingerprint density at radius 3 is 2.70 bits per heavy atom. The predicted octanol–water partition coefficient (Wildman–Crippen LogP) is 3.65. The summed E-state index contributed by atoms with van der Waals surface area (Å²) in [7, 11) is 1.96. The van der Waals surface area contributed by atoms with Crippen LogP contribution < -0.4 is 4.90 Å². The Kier molecular flexibility index (Phi) is 4.28. The molecule has 3 aromatic rings. The van der Waals surface area contributed by atoms with Crippen LogP contribution in [-0.2, 0) is 0 Å². The largest absolute Gasteiger partial charge is 0.387 e. The van der Waals surface area contributed by atoms with Crippen molar-refractivity contribution in [1.82, 2.24) is 4.98 Å². The molecular formula is C18H17N3OS. The summed E-state index contributed by atoms with van der Waals surface area (Å²) in [5.74, 6) is 0. The molecule has 116 valence electrons. The Balaban J connectivity index is 1.75. The molecule has 23 heavy (non-hydrogen) atoms. The van der Waals surface area contributed by atoms with Crippen LogP contribution in [0.25, 0.3) is 10.2 Å². The number of fused-ring (bicyclic) bond motifs is 1. The normalized spacial score (nSPS) is 12.1. The molecule has 1 unspecified atom stereocenters. The van der Waals surface area contributed by atoms with Crippen molar-refractivity contribution in [2.24, 2.45) is 0 Å². The van der Waals surface area contributed by atoms with E-state index in [4.69, 9.17) is 5.26 Å². The number of nitrogens with zero attached hydrogens (tertiary/aromatic N) is 3. The molecule has 0 fully saturated rings. The molecule has 5 heteroatoms. The van der Waals surface area contributed by atoms with E-state index in [1.807, 2.05) is 31.0 Å². The van der Waals surface area contributed by atoms with Gasteiger partial charge in [0.1, 0.15) is 0 Å². The average molecular weight is 323 g/mol. The van der Waals surface area contributed by atoms with E-state index in [0.29, 0.717) is 12.1 Å². The van der Waals surface area contributed by atoms with Crippen LogP contribution in [0, 0.1) is 18.3 Å². The number of rotatable bonds is 4. The van der Waals surface area contributed by atoms with Crippen LogP contribution in [0.2, 0.25) is 0 Å². The monoisotopic (exact) mass is 323 g/mol. The number of aliphatic hydroxyl groups excluding tert-OH is 1. The minimum Gasteiger partial charge on any atom is -0.387 e. The molecule has 1 aromatic heterocycles. The number of likely N-dealkylation sites (N-methyl/N-ethyl adjacent to an activating group) is 1. The molecule has 0 saturated heterocycles. The summed E-state index contributed by atoms with van der Waals surface area (Å²) in [6.45, 7) is 2.48. The van der Waals surface area contributed by atoms with Crippen molar-refractivity contribution < 1.29 is 5.11 Å². The first-order valence-electron chi connectivity index (χ1n) is 7.33. The Labute approximate surface area is 139 Å². The zero-order valence-electron chi connectivity index (χ0n) is 13.0. The fourth-order valence-corrected chi connectivity index (χ4v) is 3.38. The highest BCUT2D eigenvalue weighted by molar-refractivity contribution is 7.18. The van der Waals surface area contributed by atoms with Gasteiger partial charge in [-0.25, -0.2) is 4.98 Å². The number of hydrogen-bond donors (Lipinski definition) is 1. The van der Waals surface area contributed by atoms with Crippen molar-refractivity contribution >= 4 is 27.2 Å². The van der Waals surface area contributed by atoms with Gasteiger partial charge in [0.05, 0.1) is 33.0 Å². The van der Waals surface area contributed by atoms with E-state index in [1.165, 1.54) is 0 Å². The van der Waals surface area contributed by atoms with Crippen molar-refractivity contribution in [1.29, 1.82) is 5.26 Å². The molecular weight excluding hydrogens is 306 g/mol. The maximum atomic E-state index is 10.4. The Morgan fingerprint density at radius 1 is 1.26 bits per heavy atom. The van der Waals surface area contributed by atoms with Gasteiger partial charge in [-0.15, -0.1) is 11.3 Å². The first kappa shape index (κ1) is 15.5. The first-order valence-corrected chi connectivity index (χ1v) is 8.15. The lowest BCUT2D eigenvalue weighted by atomic mass is 10.1. The summed E-state index contributed by atoms with van der Waals surface area (Å²) in [5.41, 5.74) is 3.47. The molecule has 0 bridgehead atoms. The van der Waals surface area contributed by atoms with E-state index in [2.05, 4.69) is 17.1 Å². The minimum atomic E-state index is -0.605. The van der Waals surface area contributed by atoms with Gasteiger partial charge in [-0.1, -0.05) is 12.1 Å². The van der Waals surface area contributed by atoms with Gasteiger partial charge in [0.15, 0.2) is 0 Å². The molecule has 0 radical (unpaired) electrons. The summed E-state index contributed by atoms with van der Waals surface area (Å²) in [5, 5.41) is 20.3. The molecule has 0 saturated carbocycles. The third-order valence-corrected chi connectivity index (χ3v) is 4.72. The van der Waals surface area contributed by atoms with Gasteiger partial charge in [-0.2, -0.15) is 5.26 Å². The number of aromatic nitrogens is 1. The van der Waals surface area contributed by atoms with E-state index >= 15 is 0 Å². The van der Waals surface area contributed by atoms with Crippen molar-refractivity contribution in [2.75, 3.05) is 18.5 Å². The van der Waals surface area contributed by atoms with E-state index in [-0.39, 0.29) is 0 Å². The fraction of sp³-hybridized carbons (Fsp3) is 0.222. The van der Waals surface area contributed by atoms with Crippen LogP contribution in [0.3, 0.4) is 0 Å². The third-order valence-electron chi connectivity index (χ3n) is 3.79. The summed E-state index contributed by atoms with van der Waals surface area (Å²) in [4.78, 5) is 6.49. The second-order valence-electron chi connectivity index (χ2n) is 5.52. The Bertz CT molecular complexity index is 864. The molecule has 1 atom stereocenters. The fourth-order valence-electron chi connectivity index (χ4n) is 2.52. The van der Waals surface area contributed by atoms with E-state index < -0.39 is 6.10 Å². The van der Waals surface area contributed by atoms with Gasteiger partial charge in [-0.3, -0.25) is 0 Å². The van der Waals surface area contributed by atoms with Crippen LogP contribution in [-0.4, -0.2) is 23.7 Å². The summed E-state index contributed by atoms with van der Waals surface area (Å²) in [6.07, 6.45) is -0.605. The molecule has 0 amide bonds. The summed E-state index contributed by atoms with van der Waals surface area (Å²) in [6, 6.07) is 15.3. The zero-order valence-corrected chi connectivity index (χ0v) is 13.8. The third kappa shape index (κ3) is 3.34. The van der Waals surface area contributed by atoms with Gasteiger partial charge in [-0.05, 0) is 42.8 Å². The summed E-state index contributed by atoms with van der Waals surface area (Å²) < 4.78 is 1.15. The number of nitriles is 1. The topological polar surface area (TPSA) is 60.1 Å². The van der Waals surface area contributed by atoms with Gasteiger partial charge in [0.25, 0.3) is 0 Å². The maximum absolute atomic E-state index is 10.4. The molecule has 1 heterocycles. The van der Waals surface area contributed by atoms with Crippen molar-refractivity contribution in [2.45, 2.75) is 13.0 Å². The minimum absolute atomic E-state index is 0.481. The van der Waals surface area contributed by atoms with Crippen LogP contribution in [0.1, 0.15) is 22.2 Å². The van der Waals surface area contributed by atoms with E-state index in [9.17, 15) is 5.11 Å². The Hall–Kier alpha value is -2.42. The van der Waals surface area contributed by atoms with Crippen molar-refractivity contribution in [3.8, 4) is 6.07 Å². The average Bonchev–Trinajstić information content (AvgIpc) is 2.93. The molecule has 3 rings (SSSR count). The zero-order chi connectivity index (χ0) is 16.4. The highest BCUT2D eigenvalue weighted by Crippen LogP contribution is 2.27. The van der Waals surface area contributed by atoms with Crippen molar-refractivity contribution in [3.05, 3.63) is 58.6 Å². The number of benzene rings is 2. The molecule has 2 aromatic carbocycles. The van der Waals surface area contributed by atoms with Gasteiger partial charge < -0.3 is 10.0 Å².